The van der Waals surface area contributed by atoms with E-state index in [1.165, 1.54) is 6.08 Å². The summed E-state index contributed by atoms with van der Waals surface area (Å²) in [5, 5.41) is 6.34. The van der Waals surface area contributed by atoms with E-state index in [0.29, 0.717) is 10.0 Å². The molecular formula is C19H18Cl2N2O2. The van der Waals surface area contributed by atoms with Gasteiger partial charge in [0, 0.05) is 16.1 Å². The third-order valence-corrected chi connectivity index (χ3v) is 4.02. The Morgan fingerprint density at radius 3 is 2.52 bits per heavy atom. The van der Waals surface area contributed by atoms with E-state index in [2.05, 4.69) is 10.6 Å². The van der Waals surface area contributed by atoms with Crippen LogP contribution in [0.2, 0.25) is 10.0 Å². The van der Waals surface area contributed by atoms with Gasteiger partial charge < -0.3 is 10.6 Å². The lowest BCUT2D eigenvalue weighted by Crippen LogP contribution is -2.37. The molecule has 0 unspecified atom stereocenters. The van der Waals surface area contributed by atoms with Crippen molar-refractivity contribution in [2.45, 2.75) is 13.0 Å². The first kappa shape index (κ1) is 19.0. The molecule has 1 atom stereocenters. The van der Waals surface area contributed by atoms with Crippen molar-refractivity contribution in [3.63, 3.8) is 0 Å². The van der Waals surface area contributed by atoms with Crippen LogP contribution in [0.3, 0.4) is 0 Å². The fourth-order valence-corrected chi connectivity index (χ4v) is 2.76. The summed E-state index contributed by atoms with van der Waals surface area (Å²) < 4.78 is 0. The summed E-state index contributed by atoms with van der Waals surface area (Å²) >= 11 is 12.0. The van der Waals surface area contributed by atoms with Gasteiger partial charge in [-0.25, -0.2) is 0 Å². The molecule has 2 aromatic rings. The molecule has 4 nitrogen and oxygen atoms in total. The predicted octanol–water partition coefficient (Wildman–Crippen LogP) is 4.00. The average Bonchev–Trinajstić information content (AvgIpc) is 2.59. The Hall–Kier alpha value is -2.30. The fourth-order valence-electron chi connectivity index (χ4n) is 2.19. The van der Waals surface area contributed by atoms with Gasteiger partial charge in [-0.2, -0.15) is 0 Å². The van der Waals surface area contributed by atoms with E-state index >= 15 is 0 Å². The van der Waals surface area contributed by atoms with E-state index in [-0.39, 0.29) is 24.4 Å². The minimum atomic E-state index is -0.337. The molecule has 2 rings (SSSR count). The maximum atomic E-state index is 12.0. The van der Waals surface area contributed by atoms with Crippen molar-refractivity contribution < 1.29 is 9.59 Å². The number of carbonyl (C=O) groups is 2. The maximum absolute atomic E-state index is 12.0. The second-order valence-electron chi connectivity index (χ2n) is 5.42. The molecule has 2 amide bonds. The predicted molar refractivity (Wildman–Crippen MR) is 102 cm³/mol. The molecule has 0 bridgehead atoms. The Bertz CT molecular complexity index is 776. The van der Waals surface area contributed by atoms with Crippen LogP contribution in [0, 0.1) is 0 Å². The first-order chi connectivity index (χ1) is 12.0. The van der Waals surface area contributed by atoms with E-state index < -0.39 is 0 Å². The van der Waals surface area contributed by atoms with Crippen LogP contribution in [0.5, 0.6) is 0 Å². The van der Waals surface area contributed by atoms with Crippen LogP contribution in [-0.2, 0) is 9.59 Å². The van der Waals surface area contributed by atoms with Gasteiger partial charge in [-0.15, -0.1) is 0 Å². The van der Waals surface area contributed by atoms with Crippen molar-refractivity contribution in [2.24, 2.45) is 0 Å². The monoisotopic (exact) mass is 376 g/mol. The molecular weight excluding hydrogens is 359 g/mol. The zero-order valence-corrected chi connectivity index (χ0v) is 15.1. The van der Waals surface area contributed by atoms with Crippen LogP contribution in [0.15, 0.2) is 54.6 Å². The van der Waals surface area contributed by atoms with Gasteiger partial charge in [-0.1, -0.05) is 59.6 Å². The second kappa shape index (κ2) is 9.25. The number of rotatable bonds is 6. The fraction of sp³-hybridized carbons (Fsp3) is 0.158. The molecule has 0 radical (unpaired) electrons. The molecule has 0 aliphatic carbocycles. The summed E-state index contributed by atoms with van der Waals surface area (Å²) in [4.78, 5) is 23.7. The van der Waals surface area contributed by atoms with E-state index in [4.69, 9.17) is 23.2 Å². The van der Waals surface area contributed by atoms with Crippen molar-refractivity contribution >= 4 is 41.1 Å². The number of halogens is 2. The summed E-state index contributed by atoms with van der Waals surface area (Å²) in [5.41, 5.74) is 1.67. The van der Waals surface area contributed by atoms with Gasteiger partial charge in [0.15, 0.2) is 0 Å². The van der Waals surface area contributed by atoms with Gasteiger partial charge >= 0.3 is 0 Å². The summed E-state index contributed by atoms with van der Waals surface area (Å²) in [5.74, 6) is -0.642. The highest BCUT2D eigenvalue weighted by Crippen LogP contribution is 2.25. The van der Waals surface area contributed by atoms with E-state index in [1.807, 2.05) is 37.3 Å². The van der Waals surface area contributed by atoms with Crippen LogP contribution < -0.4 is 10.6 Å². The van der Waals surface area contributed by atoms with E-state index in [1.54, 1.807) is 24.3 Å². The average molecular weight is 377 g/mol. The Balaban J connectivity index is 1.81. The third kappa shape index (κ3) is 6.25. The molecule has 2 aromatic carbocycles. The zero-order valence-electron chi connectivity index (χ0n) is 13.6. The van der Waals surface area contributed by atoms with Crippen LogP contribution >= 0.6 is 23.2 Å². The number of hydrogen-bond donors (Lipinski definition) is 2. The van der Waals surface area contributed by atoms with E-state index in [0.717, 1.165) is 11.1 Å². The molecule has 0 aliphatic heterocycles. The van der Waals surface area contributed by atoms with Gasteiger partial charge in [0.05, 0.1) is 12.6 Å². The van der Waals surface area contributed by atoms with Crippen molar-refractivity contribution in [3.05, 3.63) is 75.8 Å². The first-order valence-corrected chi connectivity index (χ1v) is 8.46. The lowest BCUT2D eigenvalue weighted by atomic mass is 10.1. The number of benzene rings is 2. The molecule has 0 aliphatic rings. The number of hydrogen-bond acceptors (Lipinski definition) is 2. The van der Waals surface area contributed by atoms with Gasteiger partial charge in [-0.3, -0.25) is 9.59 Å². The van der Waals surface area contributed by atoms with Crippen LogP contribution in [0.4, 0.5) is 0 Å². The molecule has 2 N–H and O–H groups in total. The molecule has 0 saturated carbocycles. The molecule has 0 heterocycles. The minimum Gasteiger partial charge on any atom is -0.348 e. The molecule has 0 fully saturated rings. The molecule has 0 saturated heterocycles. The van der Waals surface area contributed by atoms with Gasteiger partial charge in [-0.05, 0) is 36.3 Å². The van der Waals surface area contributed by atoms with Crippen LogP contribution in [0.1, 0.15) is 24.1 Å². The highest BCUT2D eigenvalue weighted by molar-refractivity contribution is 6.35. The third-order valence-electron chi connectivity index (χ3n) is 3.46. The lowest BCUT2D eigenvalue weighted by Gasteiger charge is -2.16. The molecule has 0 aromatic heterocycles. The largest absolute Gasteiger partial charge is 0.348 e. The normalized spacial score (nSPS) is 12.0. The summed E-state index contributed by atoms with van der Waals surface area (Å²) in [7, 11) is 0. The molecule has 130 valence electrons. The summed E-state index contributed by atoms with van der Waals surface area (Å²) in [6, 6.07) is 14.2. The second-order valence-corrected chi connectivity index (χ2v) is 6.26. The Morgan fingerprint density at radius 2 is 1.84 bits per heavy atom. The van der Waals surface area contributed by atoms with Crippen molar-refractivity contribution in [2.75, 3.05) is 6.54 Å². The molecule has 6 heteroatoms. The van der Waals surface area contributed by atoms with Crippen LogP contribution in [0.25, 0.3) is 6.08 Å². The summed E-state index contributed by atoms with van der Waals surface area (Å²) in [6.07, 6.45) is 3.07. The SMILES string of the molecule is C[C@H](NC(=O)CNC(=O)/C=C/c1ccccc1)c1ccc(Cl)cc1Cl. The highest BCUT2D eigenvalue weighted by Gasteiger charge is 2.13. The minimum absolute atomic E-state index is 0.118. The zero-order chi connectivity index (χ0) is 18.2. The smallest absolute Gasteiger partial charge is 0.244 e. The van der Waals surface area contributed by atoms with Gasteiger partial charge in [0.1, 0.15) is 0 Å². The maximum Gasteiger partial charge on any atom is 0.244 e. The van der Waals surface area contributed by atoms with E-state index in [9.17, 15) is 9.59 Å². The van der Waals surface area contributed by atoms with Crippen molar-refractivity contribution in [1.82, 2.24) is 10.6 Å². The Kier molecular flexibility index (Phi) is 7.04. The Labute approximate surface area is 156 Å². The standard InChI is InChI=1S/C19H18Cl2N2O2/c1-13(16-9-8-15(20)11-17(16)21)23-19(25)12-22-18(24)10-7-14-5-3-2-4-6-14/h2-11,13H,12H2,1H3,(H,22,24)(H,23,25)/b10-7+/t13-/m0/s1. The first-order valence-electron chi connectivity index (χ1n) is 7.71. The topological polar surface area (TPSA) is 58.2 Å². The lowest BCUT2D eigenvalue weighted by molar-refractivity contribution is -0.124. The molecule has 0 spiro atoms. The number of carbonyl (C=O) groups excluding carboxylic acids is 2. The van der Waals surface area contributed by atoms with Gasteiger partial charge in [0.2, 0.25) is 11.8 Å². The number of amides is 2. The Morgan fingerprint density at radius 1 is 1.12 bits per heavy atom. The van der Waals surface area contributed by atoms with Crippen LogP contribution in [-0.4, -0.2) is 18.4 Å². The van der Waals surface area contributed by atoms with Crippen molar-refractivity contribution in [3.8, 4) is 0 Å². The quantitative estimate of drug-likeness (QED) is 0.748. The number of nitrogens with one attached hydrogen (secondary N) is 2. The summed E-state index contributed by atoms with van der Waals surface area (Å²) in [6.45, 7) is 1.69. The molecule has 25 heavy (non-hydrogen) atoms. The van der Waals surface area contributed by atoms with Crippen molar-refractivity contribution in [1.29, 1.82) is 0 Å². The van der Waals surface area contributed by atoms with Gasteiger partial charge in [0.25, 0.3) is 0 Å². The highest BCUT2D eigenvalue weighted by atomic mass is 35.5.